The molecule has 1 aliphatic heterocycles. The van der Waals surface area contributed by atoms with Gasteiger partial charge in [-0.25, -0.2) is 14.3 Å². The van der Waals surface area contributed by atoms with Gasteiger partial charge in [-0.2, -0.15) is 0 Å². The minimum Gasteiger partial charge on any atom is -0.465 e. The summed E-state index contributed by atoms with van der Waals surface area (Å²) < 4.78 is 14.6. The number of carbonyl (C=O) groups excluding carboxylic acids is 1. The lowest BCUT2D eigenvalue weighted by Crippen LogP contribution is -2.42. The highest BCUT2D eigenvalue weighted by molar-refractivity contribution is 5.76. The van der Waals surface area contributed by atoms with E-state index in [9.17, 15) is 14.4 Å². The summed E-state index contributed by atoms with van der Waals surface area (Å²) in [5, 5.41) is 0. The lowest BCUT2D eigenvalue weighted by Gasteiger charge is -2.15. The second kappa shape index (κ2) is 8.04. The monoisotopic (exact) mass is 398 g/mol. The van der Waals surface area contributed by atoms with Crippen LogP contribution in [0.25, 0.3) is 16.9 Å². The number of para-hydroxylation sites is 1. The molecule has 2 aromatic heterocycles. The van der Waals surface area contributed by atoms with Gasteiger partial charge in [0.1, 0.15) is 6.54 Å². The molecular weight excluding hydrogens is 376 g/mol. The van der Waals surface area contributed by atoms with Crippen LogP contribution in [0.1, 0.15) is 19.8 Å². The lowest BCUT2D eigenvalue weighted by molar-refractivity contribution is -0.143. The molecule has 0 unspecified atom stereocenters. The van der Waals surface area contributed by atoms with Crippen molar-refractivity contribution in [1.29, 1.82) is 0 Å². The molecule has 0 bridgehead atoms. The van der Waals surface area contributed by atoms with E-state index >= 15 is 0 Å². The molecule has 0 amide bonds. The van der Waals surface area contributed by atoms with Crippen LogP contribution >= 0.6 is 0 Å². The van der Waals surface area contributed by atoms with Gasteiger partial charge in [-0.1, -0.05) is 18.2 Å². The molecule has 3 aromatic rings. The normalized spacial score (nSPS) is 16.4. The van der Waals surface area contributed by atoms with Crippen molar-refractivity contribution in [2.45, 2.75) is 39.0 Å². The van der Waals surface area contributed by atoms with Gasteiger partial charge in [0.2, 0.25) is 0 Å². The standard InChI is InChI=1S/C20H22N4O5/c1-2-28-16(25)12-22-13-21-18-17(22)19(26)23(11-15-9-6-10-29-15)20(27)24(18)14-7-4-3-5-8-14/h3-5,7-8,13,15H,2,6,9-12H2,1H3/t15-/m0/s1. The van der Waals surface area contributed by atoms with Crippen molar-refractivity contribution in [3.8, 4) is 5.69 Å². The van der Waals surface area contributed by atoms with Crippen LogP contribution < -0.4 is 11.2 Å². The van der Waals surface area contributed by atoms with E-state index in [0.717, 1.165) is 12.8 Å². The van der Waals surface area contributed by atoms with Crippen LogP contribution in [0.3, 0.4) is 0 Å². The number of fused-ring (bicyclic) bond motifs is 1. The summed E-state index contributed by atoms with van der Waals surface area (Å²) in [5.74, 6) is -0.477. The number of hydrogen-bond donors (Lipinski definition) is 0. The molecule has 1 atom stereocenters. The molecule has 0 saturated carbocycles. The molecule has 29 heavy (non-hydrogen) atoms. The molecule has 1 aliphatic rings. The number of aromatic nitrogens is 4. The number of ether oxygens (including phenoxy) is 2. The maximum absolute atomic E-state index is 13.3. The minimum atomic E-state index is -0.491. The molecule has 1 saturated heterocycles. The van der Waals surface area contributed by atoms with Gasteiger partial charge in [0.15, 0.2) is 11.2 Å². The molecule has 3 heterocycles. The Morgan fingerprint density at radius 1 is 1.28 bits per heavy atom. The predicted octanol–water partition coefficient (Wildman–Crippen LogP) is 1.09. The number of rotatable bonds is 6. The lowest BCUT2D eigenvalue weighted by atomic mass is 10.2. The Labute approximate surface area is 166 Å². The Morgan fingerprint density at radius 3 is 2.76 bits per heavy atom. The Balaban J connectivity index is 1.92. The third kappa shape index (κ3) is 3.61. The first-order chi connectivity index (χ1) is 14.1. The van der Waals surface area contributed by atoms with Crippen LogP contribution in [0, 0.1) is 0 Å². The molecule has 1 aromatic carbocycles. The summed E-state index contributed by atoms with van der Waals surface area (Å²) in [6, 6.07) is 8.99. The number of esters is 1. The van der Waals surface area contributed by atoms with E-state index in [4.69, 9.17) is 9.47 Å². The van der Waals surface area contributed by atoms with Crippen molar-refractivity contribution >= 4 is 17.1 Å². The van der Waals surface area contributed by atoms with Crippen LogP contribution in [0.4, 0.5) is 0 Å². The fraction of sp³-hybridized carbons (Fsp3) is 0.400. The van der Waals surface area contributed by atoms with Crippen LogP contribution in [0.2, 0.25) is 0 Å². The fourth-order valence-electron chi connectivity index (χ4n) is 3.61. The first-order valence-electron chi connectivity index (χ1n) is 9.63. The van der Waals surface area contributed by atoms with E-state index in [1.165, 1.54) is 20.0 Å². The smallest absolute Gasteiger partial charge is 0.337 e. The summed E-state index contributed by atoms with van der Waals surface area (Å²) in [5.41, 5.74) is 0.00336. The van der Waals surface area contributed by atoms with Gasteiger partial charge in [-0.15, -0.1) is 0 Å². The molecular formula is C20H22N4O5. The van der Waals surface area contributed by atoms with Gasteiger partial charge in [-0.3, -0.25) is 14.2 Å². The SMILES string of the molecule is CCOC(=O)Cn1cnc2c1c(=O)n(C[C@@H]1CCCO1)c(=O)n2-c1ccccc1. The molecule has 152 valence electrons. The molecule has 9 nitrogen and oxygen atoms in total. The highest BCUT2D eigenvalue weighted by atomic mass is 16.5. The molecule has 1 fully saturated rings. The largest absolute Gasteiger partial charge is 0.465 e. The number of benzene rings is 1. The second-order valence-electron chi connectivity index (χ2n) is 6.85. The maximum Gasteiger partial charge on any atom is 0.337 e. The molecule has 0 N–H and O–H groups in total. The summed E-state index contributed by atoms with van der Waals surface area (Å²) in [7, 11) is 0. The zero-order valence-corrected chi connectivity index (χ0v) is 16.1. The van der Waals surface area contributed by atoms with Gasteiger partial charge < -0.3 is 14.0 Å². The Bertz CT molecular complexity index is 1140. The first kappa shape index (κ1) is 19.1. The molecule has 9 heteroatoms. The zero-order chi connectivity index (χ0) is 20.4. The van der Waals surface area contributed by atoms with Crippen LogP contribution in [-0.4, -0.2) is 44.0 Å². The Morgan fingerprint density at radius 2 is 2.07 bits per heavy atom. The molecule has 4 rings (SSSR count). The van der Waals surface area contributed by atoms with Crippen molar-refractivity contribution in [1.82, 2.24) is 18.7 Å². The van der Waals surface area contributed by atoms with Crippen molar-refractivity contribution in [3.63, 3.8) is 0 Å². The van der Waals surface area contributed by atoms with E-state index in [0.29, 0.717) is 12.3 Å². The van der Waals surface area contributed by atoms with Gasteiger partial charge in [0.05, 0.1) is 31.3 Å². The maximum atomic E-state index is 13.3. The predicted molar refractivity (Wildman–Crippen MR) is 105 cm³/mol. The molecule has 0 aliphatic carbocycles. The first-order valence-corrected chi connectivity index (χ1v) is 9.63. The number of nitrogens with zero attached hydrogens (tertiary/aromatic N) is 4. The van der Waals surface area contributed by atoms with E-state index in [1.54, 1.807) is 31.2 Å². The Kier molecular flexibility index (Phi) is 5.30. The van der Waals surface area contributed by atoms with Crippen LogP contribution in [0.5, 0.6) is 0 Å². The van der Waals surface area contributed by atoms with Crippen LogP contribution in [-0.2, 0) is 27.4 Å². The van der Waals surface area contributed by atoms with Crippen LogP contribution in [0.15, 0.2) is 46.2 Å². The van der Waals surface area contributed by atoms with Gasteiger partial charge in [0, 0.05) is 6.61 Å². The zero-order valence-electron chi connectivity index (χ0n) is 16.1. The van der Waals surface area contributed by atoms with E-state index in [2.05, 4.69) is 4.98 Å². The van der Waals surface area contributed by atoms with E-state index < -0.39 is 17.2 Å². The molecule has 0 spiro atoms. The highest BCUT2D eigenvalue weighted by Gasteiger charge is 2.24. The number of hydrogen-bond acceptors (Lipinski definition) is 6. The van der Waals surface area contributed by atoms with E-state index in [1.807, 2.05) is 6.07 Å². The summed E-state index contributed by atoms with van der Waals surface area (Å²) in [6.07, 6.45) is 2.88. The third-order valence-electron chi connectivity index (χ3n) is 4.93. The van der Waals surface area contributed by atoms with Gasteiger partial charge in [0.25, 0.3) is 5.56 Å². The van der Waals surface area contributed by atoms with Crippen molar-refractivity contribution in [3.05, 3.63) is 57.5 Å². The van der Waals surface area contributed by atoms with Gasteiger partial charge >= 0.3 is 11.7 Å². The number of imidazole rings is 1. The number of carbonyl (C=O) groups is 1. The van der Waals surface area contributed by atoms with Gasteiger partial charge in [-0.05, 0) is 31.9 Å². The highest BCUT2D eigenvalue weighted by Crippen LogP contribution is 2.15. The van der Waals surface area contributed by atoms with Crippen molar-refractivity contribution in [2.24, 2.45) is 0 Å². The fourth-order valence-corrected chi connectivity index (χ4v) is 3.61. The quantitative estimate of drug-likeness (QED) is 0.577. The van der Waals surface area contributed by atoms with E-state index in [-0.39, 0.29) is 37.0 Å². The van der Waals surface area contributed by atoms with Crippen molar-refractivity contribution in [2.75, 3.05) is 13.2 Å². The average molecular weight is 398 g/mol. The average Bonchev–Trinajstić information content (AvgIpc) is 3.37. The van der Waals surface area contributed by atoms with Crippen molar-refractivity contribution < 1.29 is 14.3 Å². The minimum absolute atomic E-state index is 0.158. The Hall–Kier alpha value is -3.20. The summed E-state index contributed by atoms with van der Waals surface area (Å²) in [6.45, 7) is 2.57. The molecule has 0 radical (unpaired) electrons. The summed E-state index contributed by atoms with van der Waals surface area (Å²) >= 11 is 0. The second-order valence-corrected chi connectivity index (χ2v) is 6.85. The summed E-state index contributed by atoms with van der Waals surface area (Å²) in [4.78, 5) is 42.7. The topological polar surface area (TPSA) is 97.4 Å². The third-order valence-corrected chi connectivity index (χ3v) is 4.93.